The van der Waals surface area contributed by atoms with Crippen LogP contribution in [0.3, 0.4) is 0 Å². The molecule has 36 heavy (non-hydrogen) atoms. The van der Waals surface area contributed by atoms with Crippen LogP contribution in [0.25, 0.3) is 0 Å². The molecule has 0 heterocycles. The van der Waals surface area contributed by atoms with E-state index in [4.69, 9.17) is 27.9 Å². The van der Waals surface area contributed by atoms with Crippen molar-refractivity contribution in [2.45, 2.75) is 11.4 Å². The van der Waals surface area contributed by atoms with E-state index in [0.717, 1.165) is 5.56 Å². The standard InChI is InChI=1S/C27H22Cl2N2O4S/c1-35-20-14-16-21(17-15-20)36(33,34)31(18-19-8-3-2-4-9-19)25-13-6-5-10-22(25)27(32)30-24-12-7-11-23(28)26(24)29/h2-17H,18H2,1H3,(H,30,32). The van der Waals surface area contributed by atoms with Gasteiger partial charge in [-0.3, -0.25) is 9.10 Å². The fourth-order valence-corrected chi connectivity index (χ4v) is 5.42. The number of benzene rings is 4. The Bertz CT molecular complexity index is 1480. The van der Waals surface area contributed by atoms with E-state index in [9.17, 15) is 13.2 Å². The number of para-hydroxylation sites is 1. The summed E-state index contributed by atoms with van der Waals surface area (Å²) in [4.78, 5) is 13.4. The minimum absolute atomic E-state index is 0.0113. The first-order chi connectivity index (χ1) is 17.3. The highest BCUT2D eigenvalue weighted by atomic mass is 35.5. The van der Waals surface area contributed by atoms with Crippen LogP contribution >= 0.6 is 23.2 Å². The lowest BCUT2D eigenvalue weighted by Crippen LogP contribution is -2.32. The summed E-state index contributed by atoms with van der Waals surface area (Å²) in [5.74, 6) is -0.000466. The first-order valence-corrected chi connectivity index (χ1v) is 13.1. The number of halogens is 2. The maximum Gasteiger partial charge on any atom is 0.264 e. The van der Waals surface area contributed by atoms with E-state index in [1.165, 1.54) is 23.5 Å². The largest absolute Gasteiger partial charge is 0.497 e. The minimum Gasteiger partial charge on any atom is -0.497 e. The number of carbonyl (C=O) groups excluding carboxylic acids is 1. The van der Waals surface area contributed by atoms with Crippen LogP contribution in [0.4, 0.5) is 11.4 Å². The van der Waals surface area contributed by atoms with Crippen LogP contribution in [-0.4, -0.2) is 21.4 Å². The average Bonchev–Trinajstić information content (AvgIpc) is 2.90. The van der Waals surface area contributed by atoms with E-state index < -0.39 is 15.9 Å². The van der Waals surface area contributed by atoms with Crippen molar-refractivity contribution in [1.82, 2.24) is 0 Å². The molecule has 0 aliphatic rings. The third kappa shape index (κ3) is 5.49. The SMILES string of the molecule is COc1ccc(S(=O)(=O)N(Cc2ccccc2)c2ccccc2C(=O)Nc2cccc(Cl)c2Cl)cc1. The molecule has 0 unspecified atom stereocenters. The molecule has 0 aliphatic heterocycles. The second-order valence-corrected chi connectivity index (χ2v) is 10.4. The van der Waals surface area contributed by atoms with Crippen LogP contribution in [0.5, 0.6) is 5.75 Å². The highest BCUT2D eigenvalue weighted by Gasteiger charge is 2.29. The maximum atomic E-state index is 13.9. The molecule has 1 amide bonds. The Morgan fingerprint density at radius 1 is 0.861 bits per heavy atom. The third-order valence-electron chi connectivity index (χ3n) is 5.43. The van der Waals surface area contributed by atoms with Gasteiger partial charge in [-0.05, 0) is 54.1 Å². The summed E-state index contributed by atoms with van der Waals surface area (Å²) < 4.78 is 34.2. The monoisotopic (exact) mass is 540 g/mol. The Balaban J connectivity index is 1.79. The number of methoxy groups -OCH3 is 1. The summed E-state index contributed by atoms with van der Waals surface area (Å²) in [6.07, 6.45) is 0. The summed E-state index contributed by atoms with van der Waals surface area (Å²) in [5, 5.41) is 3.22. The summed E-state index contributed by atoms with van der Waals surface area (Å²) >= 11 is 12.3. The minimum atomic E-state index is -4.07. The highest BCUT2D eigenvalue weighted by Crippen LogP contribution is 2.33. The summed E-state index contributed by atoms with van der Waals surface area (Å²) in [6.45, 7) is 0.0113. The lowest BCUT2D eigenvalue weighted by Gasteiger charge is -2.27. The number of amides is 1. The van der Waals surface area contributed by atoms with Gasteiger partial charge in [-0.2, -0.15) is 0 Å². The zero-order chi connectivity index (χ0) is 25.7. The first-order valence-electron chi connectivity index (χ1n) is 10.9. The van der Waals surface area contributed by atoms with E-state index in [-0.39, 0.29) is 32.7 Å². The molecule has 0 atom stereocenters. The molecule has 6 nitrogen and oxygen atoms in total. The quantitative estimate of drug-likeness (QED) is 0.271. The van der Waals surface area contributed by atoms with Gasteiger partial charge in [-0.15, -0.1) is 0 Å². The zero-order valence-corrected chi connectivity index (χ0v) is 21.5. The average molecular weight is 541 g/mol. The molecule has 4 aromatic rings. The van der Waals surface area contributed by atoms with Crippen molar-refractivity contribution in [3.05, 3.63) is 118 Å². The highest BCUT2D eigenvalue weighted by molar-refractivity contribution is 7.92. The van der Waals surface area contributed by atoms with Crippen molar-refractivity contribution >= 4 is 50.5 Å². The number of hydrogen-bond donors (Lipinski definition) is 1. The fourth-order valence-electron chi connectivity index (χ4n) is 3.60. The lowest BCUT2D eigenvalue weighted by atomic mass is 10.1. The van der Waals surface area contributed by atoms with Gasteiger partial charge in [0.05, 0.1) is 45.5 Å². The normalized spacial score (nSPS) is 11.1. The van der Waals surface area contributed by atoms with E-state index in [1.807, 2.05) is 30.3 Å². The molecule has 9 heteroatoms. The molecule has 0 bridgehead atoms. The molecular formula is C27H22Cl2N2O4S. The van der Waals surface area contributed by atoms with E-state index in [1.54, 1.807) is 54.6 Å². The van der Waals surface area contributed by atoms with Crippen LogP contribution in [0.15, 0.2) is 102 Å². The summed E-state index contributed by atoms with van der Waals surface area (Å²) in [5.41, 5.74) is 1.44. The van der Waals surface area contributed by atoms with E-state index >= 15 is 0 Å². The summed E-state index contributed by atoms with van der Waals surface area (Å²) in [7, 11) is -2.56. The Labute approximate surface area is 220 Å². The number of nitrogens with one attached hydrogen (secondary N) is 1. The Hall–Kier alpha value is -3.52. The van der Waals surface area contributed by atoms with Crippen LogP contribution < -0.4 is 14.4 Å². The lowest BCUT2D eigenvalue weighted by molar-refractivity contribution is 0.102. The van der Waals surface area contributed by atoms with Crippen molar-refractivity contribution in [1.29, 1.82) is 0 Å². The van der Waals surface area contributed by atoms with Gasteiger partial charge in [-0.25, -0.2) is 8.42 Å². The van der Waals surface area contributed by atoms with Crippen molar-refractivity contribution in [2.75, 3.05) is 16.7 Å². The molecule has 184 valence electrons. The zero-order valence-electron chi connectivity index (χ0n) is 19.2. The van der Waals surface area contributed by atoms with Gasteiger partial charge in [-0.1, -0.05) is 71.7 Å². The van der Waals surface area contributed by atoms with E-state index in [0.29, 0.717) is 11.4 Å². The Morgan fingerprint density at radius 3 is 2.22 bits per heavy atom. The third-order valence-corrected chi connectivity index (χ3v) is 8.03. The van der Waals surface area contributed by atoms with Gasteiger partial charge in [0.25, 0.3) is 15.9 Å². The molecule has 0 saturated carbocycles. The second-order valence-electron chi connectivity index (χ2n) is 7.75. The number of nitrogens with zero attached hydrogens (tertiary/aromatic N) is 1. The van der Waals surface area contributed by atoms with Crippen molar-refractivity contribution in [3.63, 3.8) is 0 Å². The number of anilines is 2. The van der Waals surface area contributed by atoms with Gasteiger partial charge < -0.3 is 10.1 Å². The predicted molar refractivity (Wildman–Crippen MR) is 144 cm³/mol. The number of hydrogen-bond acceptors (Lipinski definition) is 4. The van der Waals surface area contributed by atoms with Crippen molar-refractivity contribution in [2.24, 2.45) is 0 Å². The topological polar surface area (TPSA) is 75.7 Å². The number of ether oxygens (including phenoxy) is 1. The fraction of sp³-hybridized carbons (Fsp3) is 0.0741. The molecule has 1 N–H and O–H groups in total. The molecule has 0 saturated heterocycles. The van der Waals surface area contributed by atoms with Crippen LogP contribution in [0.1, 0.15) is 15.9 Å². The summed E-state index contributed by atoms with van der Waals surface area (Å²) in [6, 6.07) is 26.6. The van der Waals surface area contributed by atoms with E-state index in [2.05, 4.69) is 5.32 Å². The molecule has 0 fully saturated rings. The predicted octanol–water partition coefficient (Wildman–Crippen LogP) is 6.65. The maximum absolute atomic E-state index is 13.9. The van der Waals surface area contributed by atoms with Gasteiger partial charge >= 0.3 is 0 Å². The van der Waals surface area contributed by atoms with Gasteiger partial charge in [0.15, 0.2) is 0 Å². The van der Waals surface area contributed by atoms with Gasteiger partial charge in [0.1, 0.15) is 5.75 Å². The van der Waals surface area contributed by atoms with Gasteiger partial charge in [0, 0.05) is 0 Å². The van der Waals surface area contributed by atoms with Crippen molar-refractivity contribution in [3.8, 4) is 5.75 Å². The van der Waals surface area contributed by atoms with Crippen LogP contribution in [0.2, 0.25) is 10.0 Å². The molecule has 0 aliphatic carbocycles. The number of rotatable bonds is 8. The molecule has 0 radical (unpaired) electrons. The number of sulfonamides is 1. The molecular weight excluding hydrogens is 519 g/mol. The Kier molecular flexibility index (Phi) is 7.84. The first kappa shape index (κ1) is 25.6. The van der Waals surface area contributed by atoms with Gasteiger partial charge in [0.2, 0.25) is 0 Å². The molecule has 4 aromatic carbocycles. The molecule has 0 spiro atoms. The number of carbonyl (C=O) groups is 1. The second kappa shape index (κ2) is 11.0. The van der Waals surface area contributed by atoms with Crippen LogP contribution in [-0.2, 0) is 16.6 Å². The smallest absolute Gasteiger partial charge is 0.264 e. The molecule has 4 rings (SSSR count). The van der Waals surface area contributed by atoms with Crippen LogP contribution in [0, 0.1) is 0 Å². The molecule has 0 aromatic heterocycles. The van der Waals surface area contributed by atoms with Crippen molar-refractivity contribution < 1.29 is 17.9 Å². The Morgan fingerprint density at radius 2 is 1.53 bits per heavy atom.